The van der Waals surface area contributed by atoms with Crippen LogP contribution in [0.1, 0.15) is 5.56 Å². The topological polar surface area (TPSA) is 99.0 Å². The minimum absolute atomic E-state index is 0.274. The third-order valence-electron chi connectivity index (χ3n) is 2.82. The largest absolute Gasteiger partial charge is 0.364 e. The fraction of sp³-hybridized carbons (Fsp3) is 0.154. The number of hydrogen-bond acceptors (Lipinski definition) is 7. The number of imidazole rings is 1. The first-order chi connectivity index (χ1) is 10.5. The maximum Gasteiger partial charge on any atom is 0.324 e. The number of nitrogens with one attached hydrogen (secondary N) is 1. The van der Waals surface area contributed by atoms with Crippen LogP contribution in [-0.4, -0.2) is 34.4 Å². The van der Waals surface area contributed by atoms with Crippen molar-refractivity contribution in [3.05, 3.63) is 48.5 Å². The first-order valence-corrected chi connectivity index (χ1v) is 8.20. The number of hydrogen-bond donors (Lipinski definition) is 1. The lowest BCUT2D eigenvalue weighted by atomic mass is 10.2. The van der Waals surface area contributed by atoms with Crippen molar-refractivity contribution in [3.8, 4) is 0 Å². The Balaban J connectivity index is 1.88. The van der Waals surface area contributed by atoms with E-state index in [0.717, 1.165) is 16.5 Å². The molecule has 0 radical (unpaired) electrons. The molecule has 9 heteroatoms. The van der Waals surface area contributed by atoms with Crippen LogP contribution in [0, 0.1) is 0 Å². The number of aromatic nitrogens is 4. The smallest absolute Gasteiger partial charge is 0.324 e. The molecule has 3 aromatic rings. The quantitative estimate of drug-likeness (QED) is 0.743. The summed E-state index contributed by atoms with van der Waals surface area (Å²) in [6.45, 7) is 0.562. The Hall–Kier alpha value is -2.68. The van der Waals surface area contributed by atoms with Gasteiger partial charge in [-0.05, 0) is 5.56 Å². The van der Waals surface area contributed by atoms with E-state index in [9.17, 15) is 8.42 Å². The lowest BCUT2D eigenvalue weighted by Crippen LogP contribution is -2.18. The molecule has 0 aliphatic rings. The maximum atomic E-state index is 11.2. The Morgan fingerprint density at radius 1 is 1.18 bits per heavy atom. The average Bonchev–Trinajstić information content (AvgIpc) is 2.88. The van der Waals surface area contributed by atoms with Gasteiger partial charge in [-0.1, -0.05) is 30.3 Å². The molecular weight excluding hydrogens is 306 g/mol. The number of anilines is 1. The van der Waals surface area contributed by atoms with E-state index in [0.29, 0.717) is 17.9 Å². The molecule has 0 saturated heterocycles. The second-order valence-corrected chi connectivity index (χ2v) is 6.14. The van der Waals surface area contributed by atoms with Gasteiger partial charge in [-0.15, -0.1) is 4.73 Å². The highest BCUT2D eigenvalue weighted by Crippen LogP contribution is 2.17. The zero-order chi connectivity index (χ0) is 15.6. The highest BCUT2D eigenvalue weighted by Gasteiger charge is 2.13. The van der Waals surface area contributed by atoms with Gasteiger partial charge in [-0.2, -0.15) is 8.42 Å². The Kier molecular flexibility index (Phi) is 3.63. The summed E-state index contributed by atoms with van der Waals surface area (Å²) in [5.41, 5.74) is 1.79. The number of nitrogens with zero attached hydrogens (tertiary/aromatic N) is 4. The number of benzene rings is 1. The second-order valence-electron chi connectivity index (χ2n) is 4.58. The van der Waals surface area contributed by atoms with E-state index in [4.69, 9.17) is 4.28 Å². The Morgan fingerprint density at radius 2 is 1.95 bits per heavy atom. The molecule has 0 fully saturated rings. The minimum Gasteiger partial charge on any atom is -0.364 e. The zero-order valence-corrected chi connectivity index (χ0v) is 12.5. The van der Waals surface area contributed by atoms with E-state index in [1.54, 1.807) is 0 Å². The third-order valence-corrected chi connectivity index (χ3v) is 3.25. The molecule has 2 aromatic heterocycles. The summed E-state index contributed by atoms with van der Waals surface area (Å²) in [5.74, 6) is 0.504. The van der Waals surface area contributed by atoms with E-state index in [1.165, 1.54) is 12.7 Å². The molecular formula is C13H13N5O3S. The maximum absolute atomic E-state index is 11.2. The van der Waals surface area contributed by atoms with Crippen LogP contribution < -0.4 is 9.60 Å². The van der Waals surface area contributed by atoms with Gasteiger partial charge in [-0.3, -0.25) is 4.28 Å². The van der Waals surface area contributed by atoms with Crippen LogP contribution in [0.25, 0.3) is 11.2 Å². The summed E-state index contributed by atoms with van der Waals surface area (Å²) in [6, 6.07) is 9.80. The monoisotopic (exact) mass is 319 g/mol. The number of rotatable bonds is 5. The summed E-state index contributed by atoms with van der Waals surface area (Å²) in [6.07, 6.45) is 3.52. The summed E-state index contributed by atoms with van der Waals surface area (Å²) in [4.78, 5) is 12.2. The van der Waals surface area contributed by atoms with Crippen molar-refractivity contribution >= 4 is 27.1 Å². The molecule has 114 valence electrons. The van der Waals surface area contributed by atoms with Gasteiger partial charge < -0.3 is 5.32 Å². The van der Waals surface area contributed by atoms with Crippen molar-refractivity contribution in [2.75, 3.05) is 11.6 Å². The van der Waals surface area contributed by atoms with Crippen LogP contribution in [0.5, 0.6) is 0 Å². The van der Waals surface area contributed by atoms with Gasteiger partial charge in [0.15, 0.2) is 11.3 Å². The number of fused-ring (bicyclic) bond motifs is 1. The lowest BCUT2D eigenvalue weighted by Gasteiger charge is -2.06. The Morgan fingerprint density at radius 3 is 2.68 bits per heavy atom. The lowest BCUT2D eigenvalue weighted by molar-refractivity contribution is 0.291. The van der Waals surface area contributed by atoms with Gasteiger partial charge >= 0.3 is 10.1 Å². The molecule has 0 unspecified atom stereocenters. The van der Waals surface area contributed by atoms with Gasteiger partial charge in [0.2, 0.25) is 5.65 Å². The first kappa shape index (κ1) is 14.3. The summed E-state index contributed by atoms with van der Waals surface area (Å²) < 4.78 is 28.2. The van der Waals surface area contributed by atoms with E-state index in [-0.39, 0.29) is 5.65 Å². The van der Waals surface area contributed by atoms with E-state index in [1.807, 2.05) is 30.3 Å². The van der Waals surface area contributed by atoms with Crippen molar-refractivity contribution in [1.82, 2.24) is 19.7 Å². The molecule has 0 amide bonds. The van der Waals surface area contributed by atoms with Gasteiger partial charge in [0.1, 0.15) is 12.7 Å². The van der Waals surface area contributed by atoms with Crippen molar-refractivity contribution in [2.45, 2.75) is 6.54 Å². The molecule has 2 heterocycles. The molecule has 22 heavy (non-hydrogen) atoms. The molecule has 1 aromatic carbocycles. The molecule has 0 bridgehead atoms. The molecule has 0 aliphatic carbocycles. The van der Waals surface area contributed by atoms with Gasteiger partial charge in [0.05, 0.1) is 6.26 Å². The van der Waals surface area contributed by atoms with Crippen LogP contribution in [0.3, 0.4) is 0 Å². The highest BCUT2D eigenvalue weighted by atomic mass is 32.2. The van der Waals surface area contributed by atoms with Crippen molar-refractivity contribution in [3.63, 3.8) is 0 Å². The fourth-order valence-electron chi connectivity index (χ4n) is 1.93. The minimum atomic E-state index is -3.66. The predicted molar refractivity (Wildman–Crippen MR) is 80.5 cm³/mol. The van der Waals surface area contributed by atoms with E-state index < -0.39 is 10.1 Å². The van der Waals surface area contributed by atoms with Crippen LogP contribution in [0.4, 0.5) is 5.82 Å². The van der Waals surface area contributed by atoms with Crippen LogP contribution >= 0.6 is 0 Å². The second kappa shape index (κ2) is 5.60. The molecule has 0 aliphatic heterocycles. The zero-order valence-electron chi connectivity index (χ0n) is 11.7. The standard InChI is InChI=1S/C13H13N5O3S/c1-22(19,20)21-18-9-17-11-12(15-8-16-13(11)18)14-7-10-5-3-2-4-6-10/h2-6,8-9H,7H2,1H3,(H,14,15,16). The fourth-order valence-corrected chi connectivity index (χ4v) is 2.33. The third kappa shape index (κ3) is 3.14. The van der Waals surface area contributed by atoms with Crippen molar-refractivity contribution < 1.29 is 12.7 Å². The summed E-state index contributed by atoms with van der Waals surface area (Å²) >= 11 is 0. The molecule has 3 rings (SSSR count). The average molecular weight is 319 g/mol. The molecule has 1 N–H and O–H groups in total. The van der Waals surface area contributed by atoms with E-state index >= 15 is 0 Å². The SMILES string of the molecule is CS(=O)(=O)On1cnc2c(NCc3ccccc3)ncnc21. The van der Waals surface area contributed by atoms with Crippen LogP contribution in [0.2, 0.25) is 0 Å². The molecule has 0 atom stereocenters. The normalized spacial score (nSPS) is 11.5. The predicted octanol–water partition coefficient (Wildman–Crippen LogP) is 0.827. The van der Waals surface area contributed by atoms with Crippen molar-refractivity contribution in [1.29, 1.82) is 0 Å². The summed E-state index contributed by atoms with van der Waals surface area (Å²) in [7, 11) is -3.66. The van der Waals surface area contributed by atoms with Crippen molar-refractivity contribution in [2.24, 2.45) is 0 Å². The van der Waals surface area contributed by atoms with Gasteiger partial charge in [0, 0.05) is 6.54 Å². The first-order valence-electron chi connectivity index (χ1n) is 6.39. The van der Waals surface area contributed by atoms with E-state index in [2.05, 4.69) is 20.3 Å². The Labute approximate surface area is 126 Å². The Bertz CT molecular complexity index is 892. The van der Waals surface area contributed by atoms with Crippen LogP contribution in [0.15, 0.2) is 43.0 Å². The highest BCUT2D eigenvalue weighted by molar-refractivity contribution is 7.86. The molecule has 0 saturated carbocycles. The molecule has 8 nitrogen and oxygen atoms in total. The van der Waals surface area contributed by atoms with Gasteiger partial charge in [-0.25, -0.2) is 15.0 Å². The van der Waals surface area contributed by atoms with Crippen LogP contribution in [-0.2, 0) is 16.7 Å². The summed E-state index contributed by atoms with van der Waals surface area (Å²) in [5, 5.41) is 3.15. The molecule has 0 spiro atoms. The van der Waals surface area contributed by atoms with Gasteiger partial charge in [0.25, 0.3) is 0 Å².